The van der Waals surface area contributed by atoms with Gasteiger partial charge in [-0.15, -0.1) is 0 Å². The SMILES string of the molecule is C=C1OB(c2ccc3c(c2)C2(c4ccccc4-c4ccccc42)c2cc(-c4ccc(B5OC(C)(C)C(C)(C)O5)cc4)ccc2-3)OC1(C)C. The molecular weight excluding hydrogens is 590 g/mol. The molecule has 0 unspecified atom stereocenters. The van der Waals surface area contributed by atoms with Gasteiger partial charge in [0.15, 0.2) is 0 Å². The van der Waals surface area contributed by atoms with Crippen LogP contribution >= 0.6 is 0 Å². The van der Waals surface area contributed by atoms with E-state index in [1.54, 1.807) is 0 Å². The molecule has 9 rings (SSSR count). The molecule has 0 aromatic heterocycles. The maximum atomic E-state index is 6.38. The Bertz CT molecular complexity index is 2100. The van der Waals surface area contributed by atoms with Crippen molar-refractivity contribution in [2.75, 3.05) is 0 Å². The summed E-state index contributed by atoms with van der Waals surface area (Å²) in [6, 6.07) is 40.1. The van der Waals surface area contributed by atoms with Crippen molar-refractivity contribution in [2.45, 2.75) is 63.8 Å². The van der Waals surface area contributed by atoms with Crippen molar-refractivity contribution in [3.8, 4) is 33.4 Å². The first-order valence-electron chi connectivity index (χ1n) is 16.9. The summed E-state index contributed by atoms with van der Waals surface area (Å²) in [5.74, 6) is 0.650. The quantitative estimate of drug-likeness (QED) is 0.186. The molecule has 4 aliphatic rings. The van der Waals surface area contributed by atoms with E-state index in [0.29, 0.717) is 5.76 Å². The number of hydrogen-bond acceptors (Lipinski definition) is 4. The van der Waals surface area contributed by atoms with E-state index in [1.165, 1.54) is 50.1 Å². The minimum absolute atomic E-state index is 0.381. The van der Waals surface area contributed by atoms with Gasteiger partial charge in [0.25, 0.3) is 0 Å². The smallest absolute Gasteiger partial charge is 0.534 e. The zero-order chi connectivity index (χ0) is 33.2. The van der Waals surface area contributed by atoms with Crippen LogP contribution in [0.2, 0.25) is 0 Å². The van der Waals surface area contributed by atoms with E-state index >= 15 is 0 Å². The summed E-state index contributed by atoms with van der Waals surface area (Å²) in [7, 11) is -0.901. The largest absolute Gasteiger partial charge is 0.563 e. The Kier molecular flexibility index (Phi) is 6.11. The van der Waals surface area contributed by atoms with Crippen LogP contribution in [0.4, 0.5) is 0 Å². The number of rotatable bonds is 3. The van der Waals surface area contributed by atoms with Crippen LogP contribution in [-0.2, 0) is 24.0 Å². The van der Waals surface area contributed by atoms with E-state index in [1.807, 2.05) is 13.8 Å². The van der Waals surface area contributed by atoms with Crippen LogP contribution in [0.3, 0.4) is 0 Å². The van der Waals surface area contributed by atoms with E-state index in [0.717, 1.165) is 16.5 Å². The third kappa shape index (κ3) is 3.97. The van der Waals surface area contributed by atoms with E-state index in [2.05, 4.69) is 143 Å². The Balaban J connectivity index is 1.20. The number of hydrogen-bond donors (Lipinski definition) is 0. The molecule has 2 heterocycles. The lowest BCUT2D eigenvalue weighted by atomic mass is 9.68. The fourth-order valence-corrected chi connectivity index (χ4v) is 8.06. The molecule has 2 saturated heterocycles. The maximum absolute atomic E-state index is 6.38. The molecule has 0 radical (unpaired) electrons. The van der Waals surface area contributed by atoms with Crippen LogP contribution in [0.15, 0.2) is 122 Å². The van der Waals surface area contributed by atoms with E-state index < -0.39 is 25.3 Å². The van der Waals surface area contributed by atoms with Crippen molar-refractivity contribution in [1.82, 2.24) is 0 Å². The third-order valence-corrected chi connectivity index (χ3v) is 11.5. The molecule has 1 spiro atoms. The van der Waals surface area contributed by atoms with Crippen LogP contribution in [0.25, 0.3) is 33.4 Å². The van der Waals surface area contributed by atoms with Gasteiger partial charge in [-0.1, -0.05) is 110 Å². The lowest BCUT2D eigenvalue weighted by molar-refractivity contribution is 0.00578. The highest BCUT2D eigenvalue weighted by Crippen LogP contribution is 2.63. The van der Waals surface area contributed by atoms with Crippen LogP contribution < -0.4 is 10.9 Å². The highest BCUT2D eigenvalue weighted by Gasteiger charge is 2.53. The first-order chi connectivity index (χ1) is 22.9. The van der Waals surface area contributed by atoms with Crippen molar-refractivity contribution < 1.29 is 18.6 Å². The van der Waals surface area contributed by atoms with E-state index in [9.17, 15) is 0 Å². The van der Waals surface area contributed by atoms with Gasteiger partial charge in [-0.3, -0.25) is 0 Å². The van der Waals surface area contributed by atoms with E-state index in [-0.39, 0.29) is 11.2 Å². The Morgan fingerprint density at radius 2 is 0.979 bits per heavy atom. The molecule has 0 saturated carbocycles. The van der Waals surface area contributed by atoms with Crippen molar-refractivity contribution in [2.24, 2.45) is 0 Å². The molecule has 2 aliphatic carbocycles. The lowest BCUT2D eigenvalue weighted by Crippen LogP contribution is -2.41. The van der Waals surface area contributed by atoms with Crippen LogP contribution in [0.1, 0.15) is 63.8 Å². The minimum atomic E-state index is -0.552. The molecule has 236 valence electrons. The van der Waals surface area contributed by atoms with E-state index in [4.69, 9.17) is 18.6 Å². The zero-order valence-electron chi connectivity index (χ0n) is 28.4. The first-order valence-corrected chi connectivity index (χ1v) is 16.9. The van der Waals surface area contributed by atoms with Crippen LogP contribution in [0, 0.1) is 0 Å². The van der Waals surface area contributed by atoms with Gasteiger partial charge in [0, 0.05) is 0 Å². The van der Waals surface area contributed by atoms with Gasteiger partial charge in [-0.2, -0.15) is 0 Å². The highest BCUT2D eigenvalue weighted by molar-refractivity contribution is 6.62. The molecule has 48 heavy (non-hydrogen) atoms. The predicted molar refractivity (Wildman–Crippen MR) is 195 cm³/mol. The average Bonchev–Trinajstić information content (AvgIpc) is 3.71. The average molecular weight is 628 g/mol. The summed E-state index contributed by atoms with van der Waals surface area (Å²) in [5, 5.41) is 0. The molecule has 0 N–H and O–H groups in total. The van der Waals surface area contributed by atoms with Crippen molar-refractivity contribution in [3.63, 3.8) is 0 Å². The highest BCUT2D eigenvalue weighted by atomic mass is 16.7. The molecule has 0 atom stereocenters. The van der Waals surface area contributed by atoms with Crippen LogP contribution in [0.5, 0.6) is 0 Å². The molecule has 0 amide bonds. The zero-order valence-corrected chi connectivity index (χ0v) is 28.4. The van der Waals surface area contributed by atoms with Gasteiger partial charge in [0.1, 0.15) is 5.60 Å². The molecule has 5 aromatic rings. The fraction of sp³-hybridized carbons (Fsp3) is 0.238. The molecule has 5 aromatic carbocycles. The summed E-state index contributed by atoms with van der Waals surface area (Å²) in [4.78, 5) is 0. The van der Waals surface area contributed by atoms with Crippen LogP contribution in [-0.4, -0.2) is 31.0 Å². The van der Waals surface area contributed by atoms with Gasteiger partial charge >= 0.3 is 14.2 Å². The summed E-state index contributed by atoms with van der Waals surface area (Å²) in [6.07, 6.45) is 0. The minimum Gasteiger partial charge on any atom is -0.534 e. The van der Waals surface area contributed by atoms with Crippen molar-refractivity contribution in [1.29, 1.82) is 0 Å². The third-order valence-electron chi connectivity index (χ3n) is 11.5. The number of benzene rings is 5. The Morgan fingerprint density at radius 1 is 0.479 bits per heavy atom. The number of fused-ring (bicyclic) bond motifs is 10. The summed E-state index contributed by atoms with van der Waals surface area (Å²) >= 11 is 0. The normalized spacial score (nSPS) is 20.0. The molecular formula is C42H38B2O4. The van der Waals surface area contributed by atoms with Crippen molar-refractivity contribution in [3.05, 3.63) is 144 Å². The topological polar surface area (TPSA) is 36.9 Å². The molecule has 2 aliphatic heterocycles. The summed E-state index contributed by atoms with van der Waals surface area (Å²) < 4.78 is 25.3. The fourth-order valence-electron chi connectivity index (χ4n) is 8.06. The van der Waals surface area contributed by atoms with Gasteiger partial charge in [0.05, 0.1) is 22.4 Å². The maximum Gasteiger partial charge on any atom is 0.563 e. The Morgan fingerprint density at radius 3 is 1.56 bits per heavy atom. The Hall–Kier alpha value is -4.35. The molecule has 6 heteroatoms. The van der Waals surface area contributed by atoms with Gasteiger partial charge < -0.3 is 18.6 Å². The molecule has 4 nitrogen and oxygen atoms in total. The van der Waals surface area contributed by atoms with Gasteiger partial charge in [0.2, 0.25) is 0 Å². The second kappa shape index (κ2) is 9.85. The summed E-state index contributed by atoms with van der Waals surface area (Å²) in [6.45, 7) is 16.5. The lowest BCUT2D eigenvalue weighted by Gasteiger charge is -2.32. The molecule has 0 bridgehead atoms. The predicted octanol–water partition coefficient (Wildman–Crippen LogP) is 8.03. The second-order valence-corrected chi connectivity index (χ2v) is 15.1. The van der Waals surface area contributed by atoms with Crippen molar-refractivity contribution >= 4 is 25.2 Å². The molecule has 2 fully saturated rings. The monoisotopic (exact) mass is 628 g/mol. The second-order valence-electron chi connectivity index (χ2n) is 15.1. The van der Waals surface area contributed by atoms with Gasteiger partial charge in [-0.25, -0.2) is 0 Å². The van der Waals surface area contributed by atoms with Gasteiger partial charge in [-0.05, 0) is 114 Å². The first kappa shape index (κ1) is 29.8. The summed E-state index contributed by atoms with van der Waals surface area (Å²) in [5.41, 5.74) is 12.7. The standard InChI is InChI=1S/C42H38B2O4/c1-26-39(2,3)46-43(45-26)30-21-23-34-33-22-18-28(27-16-19-29(20-17-27)44-47-40(4,5)41(6,7)48-44)24-37(33)42(38(34)25-30)35-14-10-8-12-31(35)32-13-9-11-15-36(32)42/h8-25H,1H2,2-7H3. The Labute approximate surface area is 284 Å².